The Morgan fingerprint density at radius 2 is 1.91 bits per heavy atom. The van der Waals surface area contributed by atoms with Crippen LogP contribution in [0.3, 0.4) is 0 Å². The first-order valence-corrected chi connectivity index (χ1v) is 11.6. The van der Waals surface area contributed by atoms with E-state index in [-0.39, 0.29) is 11.6 Å². The predicted octanol–water partition coefficient (Wildman–Crippen LogP) is 5.24. The monoisotopic (exact) mass is 444 g/mol. The maximum Gasteiger partial charge on any atom is 0.270 e. The van der Waals surface area contributed by atoms with E-state index in [0.717, 1.165) is 43.6 Å². The van der Waals surface area contributed by atoms with Gasteiger partial charge in [-0.2, -0.15) is 0 Å². The highest BCUT2D eigenvalue weighted by molar-refractivity contribution is 6.01. The summed E-state index contributed by atoms with van der Waals surface area (Å²) in [5.74, 6) is 0.523. The number of benzene rings is 2. The molecule has 170 valence electrons. The Hall–Kier alpha value is -3.61. The Morgan fingerprint density at radius 3 is 2.64 bits per heavy atom. The van der Waals surface area contributed by atoms with Gasteiger partial charge in [0.15, 0.2) is 0 Å². The number of carbonyl (C=O) groups excluding carboxylic acids is 1. The summed E-state index contributed by atoms with van der Waals surface area (Å²) in [5.41, 5.74) is 4.70. The third-order valence-electron chi connectivity index (χ3n) is 6.98. The molecule has 0 unspecified atom stereocenters. The number of carbonyl (C=O) groups is 1. The van der Waals surface area contributed by atoms with Gasteiger partial charge < -0.3 is 14.8 Å². The summed E-state index contributed by atoms with van der Waals surface area (Å²) < 4.78 is 0. The van der Waals surface area contributed by atoms with Gasteiger partial charge in [-0.05, 0) is 42.9 Å². The molecule has 1 amide bonds. The van der Waals surface area contributed by atoms with Crippen LogP contribution >= 0.6 is 0 Å². The Labute approximate surface area is 192 Å². The highest BCUT2D eigenvalue weighted by atomic mass is 16.6. The second kappa shape index (κ2) is 8.73. The number of nitrogens with one attached hydrogen (secondary N) is 1. The molecule has 3 heterocycles. The fraction of sp³-hybridized carbons (Fsp3) is 0.346. The Bertz CT molecular complexity index is 1240. The van der Waals surface area contributed by atoms with Crippen LogP contribution in [0, 0.1) is 16.0 Å². The van der Waals surface area contributed by atoms with Crippen molar-refractivity contribution in [1.82, 2.24) is 9.88 Å². The normalized spacial score (nSPS) is 17.3. The first kappa shape index (κ1) is 21.2. The number of nitro benzene ring substituents is 1. The number of non-ortho nitro benzene ring substituents is 1. The average Bonchev–Trinajstić information content (AvgIpc) is 3.28. The maximum absolute atomic E-state index is 13.5. The minimum Gasteiger partial charge on any atom is -0.371 e. The molecule has 0 spiro atoms. The maximum atomic E-state index is 13.5. The molecular weight excluding hydrogens is 416 g/mol. The summed E-state index contributed by atoms with van der Waals surface area (Å²) >= 11 is 0. The van der Waals surface area contributed by atoms with Crippen LogP contribution in [0.15, 0.2) is 54.7 Å². The third-order valence-corrected chi connectivity index (χ3v) is 6.98. The van der Waals surface area contributed by atoms with Crippen molar-refractivity contribution in [1.29, 1.82) is 0 Å². The fourth-order valence-corrected chi connectivity index (χ4v) is 4.94. The quantitative estimate of drug-likeness (QED) is 0.441. The van der Waals surface area contributed by atoms with E-state index in [4.69, 9.17) is 0 Å². The summed E-state index contributed by atoms with van der Waals surface area (Å²) in [6, 6.07) is 12.9. The summed E-state index contributed by atoms with van der Waals surface area (Å²) in [4.78, 5) is 31.9. The zero-order valence-corrected chi connectivity index (χ0v) is 18.8. The number of amides is 1. The SMILES string of the molecule is CC1CCN(c2ccc([N+](=O)[O-])cc2C(=O)N2CC=C(c3c[nH]c4ccccc34)CC2)CC1. The molecule has 7 heteroatoms. The number of rotatable bonds is 4. The minimum atomic E-state index is -0.427. The molecule has 0 bridgehead atoms. The van der Waals surface area contributed by atoms with Crippen LogP contribution in [0.25, 0.3) is 16.5 Å². The second-order valence-electron chi connectivity index (χ2n) is 9.11. The van der Waals surface area contributed by atoms with Crippen LogP contribution in [0.5, 0.6) is 0 Å². The van der Waals surface area contributed by atoms with Crippen LogP contribution < -0.4 is 4.90 Å². The number of nitrogens with zero attached hydrogens (tertiary/aromatic N) is 3. The molecule has 3 aromatic rings. The molecule has 33 heavy (non-hydrogen) atoms. The zero-order valence-electron chi connectivity index (χ0n) is 18.8. The lowest BCUT2D eigenvalue weighted by atomic mass is 9.97. The fourth-order valence-electron chi connectivity index (χ4n) is 4.94. The molecule has 5 rings (SSSR count). The smallest absolute Gasteiger partial charge is 0.270 e. The van der Waals surface area contributed by atoms with Crippen molar-refractivity contribution >= 4 is 33.8 Å². The Balaban J connectivity index is 1.41. The lowest BCUT2D eigenvalue weighted by molar-refractivity contribution is -0.384. The molecular formula is C26H28N4O3. The highest BCUT2D eigenvalue weighted by Crippen LogP contribution is 2.33. The van der Waals surface area contributed by atoms with Gasteiger partial charge in [0.05, 0.1) is 16.2 Å². The number of H-pyrrole nitrogens is 1. The summed E-state index contributed by atoms with van der Waals surface area (Å²) in [5, 5.41) is 12.6. The summed E-state index contributed by atoms with van der Waals surface area (Å²) in [6.45, 7) is 5.05. The van der Waals surface area contributed by atoms with Crippen molar-refractivity contribution < 1.29 is 9.72 Å². The van der Waals surface area contributed by atoms with Gasteiger partial charge in [-0.1, -0.05) is 31.2 Å². The van der Waals surface area contributed by atoms with Crippen molar-refractivity contribution in [3.63, 3.8) is 0 Å². The second-order valence-corrected chi connectivity index (χ2v) is 9.11. The first-order chi connectivity index (χ1) is 16.0. The van der Waals surface area contributed by atoms with Crippen molar-refractivity contribution in [3.05, 3.63) is 76.0 Å². The molecule has 2 aromatic carbocycles. The standard InChI is InChI=1S/C26H28N4O3/c1-18-8-12-28(13-9-18)25-7-6-20(30(32)33)16-22(25)26(31)29-14-10-19(11-15-29)23-17-27-24-5-3-2-4-21(23)24/h2-7,10,16-18,27H,8-9,11-15H2,1H3. The molecule has 0 atom stereocenters. The Kier molecular flexibility index (Phi) is 5.62. The lowest BCUT2D eigenvalue weighted by Crippen LogP contribution is -2.38. The van der Waals surface area contributed by atoms with Crippen LogP contribution in [0.1, 0.15) is 42.1 Å². The van der Waals surface area contributed by atoms with E-state index in [1.54, 1.807) is 11.0 Å². The van der Waals surface area contributed by atoms with Gasteiger partial charge in [0.25, 0.3) is 11.6 Å². The van der Waals surface area contributed by atoms with Gasteiger partial charge in [0.1, 0.15) is 0 Å². The van der Waals surface area contributed by atoms with Gasteiger partial charge in [0, 0.05) is 61.0 Å². The van der Waals surface area contributed by atoms with Crippen molar-refractivity contribution in [2.75, 3.05) is 31.1 Å². The van der Waals surface area contributed by atoms with Crippen molar-refractivity contribution in [3.8, 4) is 0 Å². The molecule has 1 fully saturated rings. The van der Waals surface area contributed by atoms with Gasteiger partial charge in [0.2, 0.25) is 0 Å². The Morgan fingerprint density at radius 1 is 1.12 bits per heavy atom. The van der Waals surface area contributed by atoms with Crippen LogP contribution in [-0.2, 0) is 0 Å². The minimum absolute atomic E-state index is 0.0421. The van der Waals surface area contributed by atoms with E-state index >= 15 is 0 Å². The topological polar surface area (TPSA) is 82.5 Å². The number of anilines is 1. The number of nitro groups is 1. The van der Waals surface area contributed by atoms with E-state index in [2.05, 4.69) is 35.0 Å². The molecule has 0 aliphatic carbocycles. The zero-order chi connectivity index (χ0) is 22.9. The number of para-hydroxylation sites is 1. The third kappa shape index (κ3) is 4.11. The molecule has 0 saturated carbocycles. The molecule has 1 aromatic heterocycles. The molecule has 0 radical (unpaired) electrons. The average molecular weight is 445 g/mol. The van der Waals surface area contributed by atoms with Crippen molar-refractivity contribution in [2.24, 2.45) is 5.92 Å². The molecule has 7 nitrogen and oxygen atoms in total. The van der Waals surface area contributed by atoms with E-state index in [1.165, 1.54) is 28.7 Å². The van der Waals surface area contributed by atoms with E-state index < -0.39 is 4.92 Å². The van der Waals surface area contributed by atoms with E-state index in [9.17, 15) is 14.9 Å². The molecule has 2 aliphatic heterocycles. The van der Waals surface area contributed by atoms with Gasteiger partial charge >= 0.3 is 0 Å². The summed E-state index contributed by atoms with van der Waals surface area (Å²) in [7, 11) is 0. The van der Waals surface area contributed by atoms with Crippen LogP contribution in [0.4, 0.5) is 11.4 Å². The number of hydrogen-bond acceptors (Lipinski definition) is 4. The number of fused-ring (bicyclic) bond motifs is 1. The molecule has 2 aliphatic rings. The number of aromatic nitrogens is 1. The van der Waals surface area contributed by atoms with E-state index in [0.29, 0.717) is 24.6 Å². The van der Waals surface area contributed by atoms with Gasteiger partial charge in [-0.15, -0.1) is 0 Å². The number of piperidine rings is 1. The van der Waals surface area contributed by atoms with Crippen LogP contribution in [-0.4, -0.2) is 46.9 Å². The number of aromatic amines is 1. The first-order valence-electron chi connectivity index (χ1n) is 11.6. The van der Waals surface area contributed by atoms with E-state index in [1.807, 2.05) is 18.3 Å². The summed E-state index contributed by atoms with van der Waals surface area (Å²) in [6.07, 6.45) is 7.01. The van der Waals surface area contributed by atoms with Gasteiger partial charge in [-0.3, -0.25) is 14.9 Å². The lowest BCUT2D eigenvalue weighted by Gasteiger charge is -2.34. The molecule has 1 saturated heterocycles. The predicted molar refractivity (Wildman–Crippen MR) is 131 cm³/mol. The van der Waals surface area contributed by atoms with Crippen LogP contribution in [0.2, 0.25) is 0 Å². The largest absolute Gasteiger partial charge is 0.371 e. The van der Waals surface area contributed by atoms with Crippen molar-refractivity contribution in [2.45, 2.75) is 26.2 Å². The molecule has 1 N–H and O–H groups in total. The number of hydrogen-bond donors (Lipinski definition) is 1. The van der Waals surface area contributed by atoms with Gasteiger partial charge in [-0.25, -0.2) is 0 Å². The highest BCUT2D eigenvalue weighted by Gasteiger charge is 2.27.